The van der Waals surface area contributed by atoms with Gasteiger partial charge in [0.15, 0.2) is 0 Å². The second kappa shape index (κ2) is 12.1. The SMILES string of the molecule is CC(C)(C)O[C@H](NC(=O)N[C@H]1CC[C@H](O)CC1)C(=O)N1C[C@]2(C[C@H]1C(=O)NC(CC1CCC1)C(=O)C(N)=O)C(C)(C)C21CCC1. The molecule has 252 valence electrons. The summed E-state index contributed by atoms with van der Waals surface area (Å²) in [5.41, 5.74) is 4.21. The number of hydrogen-bond acceptors (Lipinski definition) is 7. The number of primary amides is 1. The van der Waals surface area contributed by atoms with Crippen molar-refractivity contribution in [3.8, 4) is 0 Å². The third-order valence-electron chi connectivity index (χ3n) is 12.1. The van der Waals surface area contributed by atoms with Gasteiger partial charge in [-0.1, -0.05) is 39.5 Å². The van der Waals surface area contributed by atoms with Gasteiger partial charge < -0.3 is 36.4 Å². The number of amides is 5. The Labute approximate surface area is 266 Å². The largest absolute Gasteiger partial charge is 0.393 e. The van der Waals surface area contributed by atoms with Crippen molar-refractivity contribution in [2.24, 2.45) is 27.9 Å². The van der Waals surface area contributed by atoms with Gasteiger partial charge >= 0.3 is 6.03 Å². The van der Waals surface area contributed by atoms with E-state index in [9.17, 15) is 29.1 Å². The van der Waals surface area contributed by atoms with E-state index in [1.54, 1.807) is 20.8 Å². The van der Waals surface area contributed by atoms with Gasteiger partial charge in [-0.25, -0.2) is 4.79 Å². The second-order valence-electron chi connectivity index (χ2n) is 15.9. The lowest BCUT2D eigenvalue weighted by atomic mass is 9.73. The van der Waals surface area contributed by atoms with Crippen molar-refractivity contribution in [2.45, 2.75) is 148 Å². The zero-order valence-electron chi connectivity index (χ0n) is 27.6. The Bertz CT molecular complexity index is 1200. The number of carbonyl (C=O) groups is 5. The minimum Gasteiger partial charge on any atom is -0.393 e. The van der Waals surface area contributed by atoms with Gasteiger partial charge in [0.2, 0.25) is 17.9 Å². The van der Waals surface area contributed by atoms with E-state index in [0.717, 1.165) is 38.5 Å². The fourth-order valence-corrected chi connectivity index (χ4v) is 9.01. The molecule has 6 N–H and O–H groups in total. The van der Waals surface area contributed by atoms with Gasteiger partial charge in [0.1, 0.15) is 6.04 Å². The van der Waals surface area contributed by atoms with E-state index in [1.807, 2.05) is 0 Å². The first-order valence-corrected chi connectivity index (χ1v) is 16.9. The summed E-state index contributed by atoms with van der Waals surface area (Å²) in [5, 5.41) is 18.3. The van der Waals surface area contributed by atoms with Crippen LogP contribution in [-0.4, -0.2) is 82.1 Å². The molecule has 4 aliphatic carbocycles. The summed E-state index contributed by atoms with van der Waals surface area (Å²) in [6.07, 6.45) is 7.53. The van der Waals surface area contributed by atoms with Crippen LogP contribution in [0.1, 0.15) is 112 Å². The molecule has 1 aliphatic heterocycles. The van der Waals surface area contributed by atoms with Gasteiger partial charge in [0.25, 0.3) is 11.8 Å². The van der Waals surface area contributed by atoms with Crippen LogP contribution in [0.15, 0.2) is 0 Å². The molecule has 4 atom stereocenters. The third kappa shape index (κ3) is 6.21. The number of nitrogens with one attached hydrogen (secondary N) is 3. The highest BCUT2D eigenvalue weighted by Gasteiger charge is 2.85. The maximum atomic E-state index is 14.4. The first-order valence-electron chi connectivity index (χ1n) is 16.9. The number of hydrogen-bond donors (Lipinski definition) is 5. The lowest BCUT2D eigenvalue weighted by molar-refractivity contribution is -0.158. The Balaban J connectivity index is 1.38. The van der Waals surface area contributed by atoms with E-state index < -0.39 is 53.4 Å². The van der Waals surface area contributed by atoms with Crippen LogP contribution >= 0.6 is 0 Å². The van der Waals surface area contributed by atoms with Crippen LogP contribution in [0.25, 0.3) is 0 Å². The number of nitrogens with zero attached hydrogens (tertiary/aromatic N) is 1. The molecule has 0 aromatic carbocycles. The predicted molar refractivity (Wildman–Crippen MR) is 165 cm³/mol. The summed E-state index contributed by atoms with van der Waals surface area (Å²) in [6, 6.07) is -2.63. The molecule has 1 unspecified atom stereocenters. The number of rotatable bonds is 10. The molecule has 1 heterocycles. The van der Waals surface area contributed by atoms with Gasteiger partial charge in [-0.15, -0.1) is 0 Å². The van der Waals surface area contributed by atoms with Crippen molar-refractivity contribution < 1.29 is 33.8 Å². The molecule has 5 aliphatic rings. The molecule has 2 spiro atoms. The van der Waals surface area contributed by atoms with Crippen LogP contribution in [0.2, 0.25) is 0 Å². The zero-order chi connectivity index (χ0) is 32.9. The number of carbonyl (C=O) groups excluding carboxylic acids is 5. The smallest absolute Gasteiger partial charge is 0.317 e. The number of likely N-dealkylation sites (tertiary alicyclic amines) is 1. The lowest BCUT2D eigenvalue weighted by Crippen LogP contribution is -2.59. The molecule has 0 aromatic heterocycles. The molecule has 12 heteroatoms. The van der Waals surface area contributed by atoms with E-state index >= 15 is 0 Å². The minimum absolute atomic E-state index is 0.0265. The molecule has 5 fully saturated rings. The number of Topliss-reactive ketones (excluding diaryl/α,β-unsaturated/α-hetero) is 1. The molecule has 0 radical (unpaired) electrons. The third-order valence-corrected chi connectivity index (χ3v) is 12.1. The Morgan fingerprint density at radius 3 is 2.09 bits per heavy atom. The standard InChI is InChI=1S/C33H53N5O7/c1-30(2,3)45-27(37-29(44)35-20-10-12-21(39)13-11-20)28(43)38-18-33(31(4,5)32(33)14-7-15-32)17-23(38)26(42)36-22(24(40)25(34)41)16-19-8-6-9-19/h19-23,27,39H,6-18H2,1-5H3,(H2,34,41)(H,36,42)(H2,35,37,44)/t20-,21-,22?,23-,27-,33+/m0/s1. The zero-order valence-corrected chi connectivity index (χ0v) is 27.6. The average Bonchev–Trinajstić information content (AvgIpc) is 3.13. The van der Waals surface area contributed by atoms with E-state index in [-0.39, 0.29) is 34.3 Å². The van der Waals surface area contributed by atoms with Crippen molar-refractivity contribution >= 4 is 29.5 Å². The van der Waals surface area contributed by atoms with Crippen molar-refractivity contribution in [1.82, 2.24) is 20.9 Å². The molecule has 12 nitrogen and oxygen atoms in total. The summed E-state index contributed by atoms with van der Waals surface area (Å²) in [7, 11) is 0. The number of urea groups is 1. The molecule has 4 saturated carbocycles. The minimum atomic E-state index is -1.36. The molecule has 5 amide bonds. The molecule has 45 heavy (non-hydrogen) atoms. The Morgan fingerprint density at radius 2 is 1.60 bits per heavy atom. The average molecular weight is 632 g/mol. The van der Waals surface area contributed by atoms with E-state index in [1.165, 1.54) is 4.90 Å². The topological polar surface area (TPSA) is 180 Å². The highest BCUT2D eigenvalue weighted by atomic mass is 16.5. The van der Waals surface area contributed by atoms with E-state index in [0.29, 0.717) is 45.1 Å². The Morgan fingerprint density at radius 1 is 0.956 bits per heavy atom. The maximum absolute atomic E-state index is 14.4. The number of aliphatic hydroxyl groups is 1. The summed E-state index contributed by atoms with van der Waals surface area (Å²) in [5.74, 6) is -2.70. The second-order valence-corrected chi connectivity index (χ2v) is 15.9. The molecule has 0 aromatic rings. The van der Waals surface area contributed by atoms with Crippen molar-refractivity contribution in [2.75, 3.05) is 6.54 Å². The summed E-state index contributed by atoms with van der Waals surface area (Å²) in [6.45, 7) is 10.1. The Kier molecular flexibility index (Phi) is 9.07. The Hall–Kier alpha value is -2.73. The number of ketones is 1. The number of nitrogens with two attached hydrogens (primary N) is 1. The van der Waals surface area contributed by atoms with Crippen LogP contribution in [0, 0.1) is 22.2 Å². The van der Waals surface area contributed by atoms with E-state index in [4.69, 9.17) is 10.5 Å². The maximum Gasteiger partial charge on any atom is 0.317 e. The van der Waals surface area contributed by atoms with E-state index in [2.05, 4.69) is 29.8 Å². The highest BCUT2D eigenvalue weighted by Crippen LogP contribution is 2.88. The molecular formula is C33H53N5O7. The van der Waals surface area contributed by atoms with Crippen LogP contribution in [0.3, 0.4) is 0 Å². The molecule has 1 saturated heterocycles. The van der Waals surface area contributed by atoms with Gasteiger partial charge in [-0.3, -0.25) is 19.2 Å². The van der Waals surface area contributed by atoms with Crippen molar-refractivity contribution in [1.29, 1.82) is 0 Å². The van der Waals surface area contributed by atoms with Crippen LogP contribution in [0.5, 0.6) is 0 Å². The number of aliphatic hydroxyl groups excluding tert-OH is 1. The summed E-state index contributed by atoms with van der Waals surface area (Å²) >= 11 is 0. The molecule has 5 rings (SSSR count). The predicted octanol–water partition coefficient (Wildman–Crippen LogP) is 2.26. The van der Waals surface area contributed by atoms with Gasteiger partial charge in [0.05, 0.1) is 17.7 Å². The lowest BCUT2D eigenvalue weighted by Gasteiger charge is -2.34. The molecule has 0 bridgehead atoms. The van der Waals surface area contributed by atoms with Gasteiger partial charge in [0, 0.05) is 18.0 Å². The molecular weight excluding hydrogens is 578 g/mol. The number of ether oxygens (including phenoxy) is 1. The van der Waals surface area contributed by atoms with Crippen molar-refractivity contribution in [3.05, 3.63) is 0 Å². The first kappa shape index (κ1) is 33.6. The van der Waals surface area contributed by atoms with Gasteiger partial charge in [-0.05, 0) is 88.9 Å². The fraction of sp³-hybridized carbons (Fsp3) is 0.848. The monoisotopic (exact) mass is 631 g/mol. The van der Waals surface area contributed by atoms with Crippen molar-refractivity contribution in [3.63, 3.8) is 0 Å². The quantitative estimate of drug-likeness (QED) is 0.181. The fourth-order valence-electron chi connectivity index (χ4n) is 9.01. The van der Waals surface area contributed by atoms with Crippen LogP contribution < -0.4 is 21.7 Å². The summed E-state index contributed by atoms with van der Waals surface area (Å²) in [4.78, 5) is 67.9. The van der Waals surface area contributed by atoms with Gasteiger partial charge in [-0.2, -0.15) is 0 Å². The summed E-state index contributed by atoms with van der Waals surface area (Å²) < 4.78 is 6.13. The van der Waals surface area contributed by atoms with Crippen LogP contribution in [0.4, 0.5) is 4.79 Å². The first-order chi connectivity index (χ1) is 21.0. The van der Waals surface area contributed by atoms with Crippen LogP contribution in [-0.2, 0) is 23.9 Å². The normalized spacial score (nSPS) is 31.3. The number of fused-ring (bicyclic) bond motifs is 1. The highest BCUT2D eigenvalue weighted by molar-refractivity contribution is 6.37.